The van der Waals surface area contributed by atoms with Crippen molar-refractivity contribution in [2.45, 2.75) is 39.2 Å². The maximum atomic E-state index is 11.8. The second-order valence-corrected chi connectivity index (χ2v) is 5.03. The van der Waals surface area contributed by atoms with E-state index in [4.69, 9.17) is 9.84 Å². The summed E-state index contributed by atoms with van der Waals surface area (Å²) in [4.78, 5) is 13.5. The third-order valence-corrected chi connectivity index (χ3v) is 2.39. The van der Waals surface area contributed by atoms with Gasteiger partial charge in [0.1, 0.15) is 5.60 Å². The molecule has 1 aliphatic rings. The molecule has 0 bridgehead atoms. The van der Waals surface area contributed by atoms with Gasteiger partial charge in [0.05, 0.1) is 6.61 Å². The molecule has 0 fully saturated rings. The first kappa shape index (κ1) is 13.0. The molecular weight excluding hydrogens is 206 g/mol. The van der Waals surface area contributed by atoms with Gasteiger partial charge >= 0.3 is 6.09 Å². The summed E-state index contributed by atoms with van der Waals surface area (Å²) < 4.78 is 5.30. The number of carbonyl (C=O) groups excluding carboxylic acids is 1. The number of nitrogens with zero attached hydrogens (tertiary/aromatic N) is 1. The van der Waals surface area contributed by atoms with Crippen molar-refractivity contribution < 1.29 is 14.6 Å². The summed E-state index contributed by atoms with van der Waals surface area (Å²) in [6.07, 6.45) is 3.26. The molecule has 0 atom stereocenters. The van der Waals surface area contributed by atoms with Crippen molar-refractivity contribution in [3.63, 3.8) is 0 Å². The molecular formula is C12H21NO3. The van der Waals surface area contributed by atoms with Gasteiger partial charge in [-0.3, -0.25) is 0 Å². The summed E-state index contributed by atoms with van der Waals surface area (Å²) in [6.45, 7) is 6.96. The van der Waals surface area contributed by atoms with Crippen LogP contribution in [0.25, 0.3) is 0 Å². The van der Waals surface area contributed by atoms with E-state index in [1.54, 1.807) is 4.90 Å². The fourth-order valence-corrected chi connectivity index (χ4v) is 1.57. The molecule has 0 aromatic rings. The van der Waals surface area contributed by atoms with Crippen LogP contribution in [-0.2, 0) is 4.74 Å². The minimum atomic E-state index is -0.448. The first-order valence-electron chi connectivity index (χ1n) is 5.69. The van der Waals surface area contributed by atoms with Crippen LogP contribution in [0.15, 0.2) is 11.6 Å². The van der Waals surface area contributed by atoms with Crippen molar-refractivity contribution >= 4 is 6.09 Å². The van der Waals surface area contributed by atoms with Crippen LogP contribution in [0.4, 0.5) is 4.79 Å². The molecule has 1 aliphatic heterocycles. The average molecular weight is 227 g/mol. The van der Waals surface area contributed by atoms with Gasteiger partial charge in [0.2, 0.25) is 0 Å². The smallest absolute Gasteiger partial charge is 0.410 e. The number of carbonyl (C=O) groups is 1. The van der Waals surface area contributed by atoms with Crippen molar-refractivity contribution in [2.75, 3.05) is 19.7 Å². The predicted molar refractivity (Wildman–Crippen MR) is 62.2 cm³/mol. The Kier molecular flexibility index (Phi) is 4.35. The standard InChI is InChI=1S/C12H21NO3/c1-12(2,3)16-11(15)13-7-4-5-10(9-14)6-8-13/h5,14H,4,6-9H2,1-3H3. The Labute approximate surface area is 96.9 Å². The largest absolute Gasteiger partial charge is 0.444 e. The Bertz CT molecular complexity index is 278. The lowest BCUT2D eigenvalue weighted by atomic mass is 10.2. The summed E-state index contributed by atoms with van der Waals surface area (Å²) in [7, 11) is 0. The number of ether oxygens (including phenoxy) is 1. The minimum absolute atomic E-state index is 0.0855. The fraction of sp³-hybridized carbons (Fsp3) is 0.750. The van der Waals surface area contributed by atoms with Crippen LogP contribution >= 0.6 is 0 Å². The highest BCUT2D eigenvalue weighted by atomic mass is 16.6. The maximum absolute atomic E-state index is 11.8. The van der Waals surface area contributed by atoms with Crippen LogP contribution < -0.4 is 0 Å². The van der Waals surface area contributed by atoms with Crippen molar-refractivity contribution in [3.05, 3.63) is 11.6 Å². The first-order chi connectivity index (χ1) is 7.42. The van der Waals surface area contributed by atoms with Gasteiger partial charge in [0, 0.05) is 13.1 Å². The second kappa shape index (κ2) is 5.34. The molecule has 0 saturated heterocycles. The van der Waals surface area contributed by atoms with Gasteiger partial charge in [-0.25, -0.2) is 4.79 Å². The van der Waals surface area contributed by atoms with Crippen molar-refractivity contribution in [1.82, 2.24) is 4.90 Å². The van der Waals surface area contributed by atoms with Gasteiger partial charge in [0.15, 0.2) is 0 Å². The van der Waals surface area contributed by atoms with Gasteiger partial charge < -0.3 is 14.7 Å². The molecule has 1 amide bonds. The molecule has 0 radical (unpaired) electrons. The monoisotopic (exact) mass is 227 g/mol. The van der Waals surface area contributed by atoms with Crippen molar-refractivity contribution in [2.24, 2.45) is 0 Å². The molecule has 0 saturated carbocycles. The van der Waals surface area contributed by atoms with E-state index in [2.05, 4.69) is 0 Å². The molecule has 0 aromatic heterocycles. The van der Waals surface area contributed by atoms with Crippen LogP contribution in [0, 0.1) is 0 Å². The van der Waals surface area contributed by atoms with Crippen LogP contribution in [0.5, 0.6) is 0 Å². The first-order valence-corrected chi connectivity index (χ1v) is 5.69. The fourth-order valence-electron chi connectivity index (χ4n) is 1.57. The zero-order chi connectivity index (χ0) is 12.2. The topological polar surface area (TPSA) is 49.8 Å². The molecule has 1 heterocycles. The zero-order valence-electron chi connectivity index (χ0n) is 10.3. The van der Waals surface area contributed by atoms with Gasteiger partial charge in [-0.1, -0.05) is 6.08 Å². The predicted octanol–water partition coefficient (Wildman–Crippen LogP) is 1.94. The molecule has 4 nitrogen and oxygen atoms in total. The summed E-state index contributed by atoms with van der Waals surface area (Å²) >= 11 is 0. The summed E-state index contributed by atoms with van der Waals surface area (Å²) in [5.41, 5.74) is 0.558. The lowest BCUT2D eigenvalue weighted by molar-refractivity contribution is 0.0258. The molecule has 4 heteroatoms. The van der Waals surface area contributed by atoms with E-state index in [0.29, 0.717) is 13.1 Å². The number of hydrogen-bond donors (Lipinski definition) is 1. The Morgan fingerprint density at radius 1 is 1.50 bits per heavy atom. The van der Waals surface area contributed by atoms with Crippen LogP contribution in [0.3, 0.4) is 0 Å². The summed E-state index contributed by atoms with van der Waals surface area (Å²) in [5, 5.41) is 9.02. The highest BCUT2D eigenvalue weighted by molar-refractivity contribution is 5.68. The third-order valence-electron chi connectivity index (χ3n) is 2.39. The highest BCUT2D eigenvalue weighted by Crippen LogP contribution is 2.14. The van der Waals surface area contributed by atoms with E-state index < -0.39 is 5.60 Å². The van der Waals surface area contributed by atoms with Gasteiger partial charge in [-0.05, 0) is 39.2 Å². The van der Waals surface area contributed by atoms with Gasteiger partial charge in [-0.2, -0.15) is 0 Å². The molecule has 0 aromatic carbocycles. The van der Waals surface area contributed by atoms with Crippen molar-refractivity contribution in [1.29, 1.82) is 0 Å². The molecule has 1 N–H and O–H groups in total. The quantitative estimate of drug-likeness (QED) is 0.696. The number of aliphatic hydroxyl groups is 1. The SMILES string of the molecule is CC(C)(C)OC(=O)N1CCC=C(CO)CC1. The van der Waals surface area contributed by atoms with Gasteiger partial charge in [0.25, 0.3) is 0 Å². The summed E-state index contributed by atoms with van der Waals surface area (Å²) in [5.74, 6) is 0. The molecule has 0 aliphatic carbocycles. The van der Waals surface area contributed by atoms with E-state index in [9.17, 15) is 4.79 Å². The Balaban J connectivity index is 2.48. The van der Waals surface area contributed by atoms with Gasteiger partial charge in [-0.15, -0.1) is 0 Å². The second-order valence-electron chi connectivity index (χ2n) is 5.03. The highest BCUT2D eigenvalue weighted by Gasteiger charge is 2.22. The van der Waals surface area contributed by atoms with Crippen LogP contribution in [-0.4, -0.2) is 41.4 Å². The zero-order valence-corrected chi connectivity index (χ0v) is 10.3. The van der Waals surface area contributed by atoms with E-state index in [0.717, 1.165) is 18.4 Å². The Morgan fingerprint density at radius 2 is 2.19 bits per heavy atom. The normalized spacial score (nSPS) is 17.8. The lowest BCUT2D eigenvalue weighted by Crippen LogP contribution is -2.37. The Morgan fingerprint density at radius 3 is 2.75 bits per heavy atom. The van der Waals surface area contributed by atoms with E-state index in [-0.39, 0.29) is 12.7 Å². The Hall–Kier alpha value is -1.03. The van der Waals surface area contributed by atoms with E-state index in [1.165, 1.54) is 0 Å². The lowest BCUT2D eigenvalue weighted by Gasteiger charge is -2.26. The molecule has 1 rings (SSSR count). The average Bonchev–Trinajstić information content (AvgIpc) is 2.39. The maximum Gasteiger partial charge on any atom is 0.410 e. The minimum Gasteiger partial charge on any atom is -0.444 e. The third kappa shape index (κ3) is 4.23. The number of rotatable bonds is 1. The number of amides is 1. The van der Waals surface area contributed by atoms with E-state index >= 15 is 0 Å². The molecule has 0 spiro atoms. The number of aliphatic hydroxyl groups excluding tert-OH is 1. The summed E-state index contributed by atoms with van der Waals surface area (Å²) in [6, 6.07) is 0. The molecule has 16 heavy (non-hydrogen) atoms. The molecule has 0 unspecified atom stereocenters. The molecule has 92 valence electrons. The number of hydrogen-bond acceptors (Lipinski definition) is 3. The van der Waals surface area contributed by atoms with Crippen LogP contribution in [0.1, 0.15) is 33.6 Å². The van der Waals surface area contributed by atoms with E-state index in [1.807, 2.05) is 26.8 Å². The van der Waals surface area contributed by atoms with Crippen LogP contribution in [0.2, 0.25) is 0 Å². The van der Waals surface area contributed by atoms with Crippen molar-refractivity contribution in [3.8, 4) is 0 Å².